The molecule has 0 spiro atoms. The summed E-state index contributed by atoms with van der Waals surface area (Å²) in [5.74, 6) is -0.141. The molecule has 0 aliphatic carbocycles. The van der Waals surface area contributed by atoms with Gasteiger partial charge in [-0.15, -0.1) is 0 Å². The molecule has 1 atom stereocenters. The molecule has 0 radical (unpaired) electrons. The third-order valence-electron chi connectivity index (χ3n) is 7.41. The maximum absolute atomic E-state index is 14.0. The van der Waals surface area contributed by atoms with Crippen molar-refractivity contribution >= 4 is 5.91 Å². The van der Waals surface area contributed by atoms with E-state index >= 15 is 0 Å². The Morgan fingerprint density at radius 2 is 1.98 bits per heavy atom. The molecule has 40 heavy (non-hydrogen) atoms. The molecule has 1 aliphatic heterocycles. The molecular formula is C31H36FN5O3. The van der Waals surface area contributed by atoms with Crippen molar-refractivity contribution in [2.75, 3.05) is 47.0 Å². The van der Waals surface area contributed by atoms with Gasteiger partial charge in [0.05, 0.1) is 24.9 Å². The number of nitriles is 1. The summed E-state index contributed by atoms with van der Waals surface area (Å²) in [6.45, 7) is 8.76. The zero-order chi connectivity index (χ0) is 28.8. The predicted molar refractivity (Wildman–Crippen MR) is 151 cm³/mol. The average molecular weight is 546 g/mol. The van der Waals surface area contributed by atoms with Gasteiger partial charge in [-0.1, -0.05) is 6.07 Å². The Labute approximate surface area is 235 Å². The van der Waals surface area contributed by atoms with Crippen LogP contribution in [-0.4, -0.2) is 72.7 Å². The Bertz CT molecular complexity index is 1420. The molecule has 3 heterocycles. The number of aryl methyl sites for hydroxylation is 1. The van der Waals surface area contributed by atoms with Crippen molar-refractivity contribution in [3.63, 3.8) is 0 Å². The van der Waals surface area contributed by atoms with E-state index < -0.39 is 5.95 Å². The molecule has 0 bridgehead atoms. The third-order valence-corrected chi connectivity index (χ3v) is 7.41. The monoisotopic (exact) mass is 545 g/mol. The quantitative estimate of drug-likeness (QED) is 0.321. The summed E-state index contributed by atoms with van der Waals surface area (Å²) in [6.07, 6.45) is 2.88. The van der Waals surface area contributed by atoms with E-state index in [2.05, 4.69) is 27.0 Å². The lowest BCUT2D eigenvalue weighted by molar-refractivity contribution is 0.0669. The summed E-state index contributed by atoms with van der Waals surface area (Å²) in [6, 6.07) is 10.8. The van der Waals surface area contributed by atoms with Crippen molar-refractivity contribution in [1.29, 1.82) is 5.26 Å². The van der Waals surface area contributed by atoms with Gasteiger partial charge in [-0.25, -0.2) is 4.98 Å². The number of likely N-dealkylation sites (N-methyl/N-ethyl adjacent to an activating group) is 1. The molecule has 3 aromatic rings. The Hall–Kier alpha value is -3.87. The molecular weight excluding hydrogens is 509 g/mol. The lowest BCUT2D eigenvalue weighted by atomic mass is 9.86. The highest BCUT2D eigenvalue weighted by atomic mass is 19.1. The van der Waals surface area contributed by atoms with E-state index in [4.69, 9.17) is 9.47 Å². The minimum absolute atomic E-state index is 0.0820. The van der Waals surface area contributed by atoms with Crippen molar-refractivity contribution < 1.29 is 18.7 Å². The van der Waals surface area contributed by atoms with Crippen LogP contribution in [0.25, 0.3) is 11.1 Å². The standard InChI is InChI=1S/C31H36FN5O3/c1-6-40-29-17-28(34-19-23(29)18-33)21(3)37-12-10-25-26(24-7-8-30(32)35-20(24)2)15-22(16-27(25)31(37)38)9-11-36(4)13-14-39-5/h7-8,15-17,19,21H,6,9-14H2,1-5H3/t21-/m0/s1. The number of carbonyl (C=O) groups is 1. The highest BCUT2D eigenvalue weighted by molar-refractivity contribution is 5.99. The van der Waals surface area contributed by atoms with E-state index in [1.807, 2.05) is 31.9 Å². The third kappa shape index (κ3) is 6.30. The van der Waals surface area contributed by atoms with Gasteiger partial charge in [-0.3, -0.25) is 9.78 Å². The van der Waals surface area contributed by atoms with Gasteiger partial charge in [-0.2, -0.15) is 9.65 Å². The molecule has 0 saturated heterocycles. The first kappa shape index (κ1) is 29.1. The normalized spacial score (nSPS) is 13.8. The number of hydrogen-bond donors (Lipinski definition) is 0. The van der Waals surface area contributed by atoms with Crippen molar-refractivity contribution in [3.05, 3.63) is 76.1 Å². The number of benzene rings is 1. The first-order valence-corrected chi connectivity index (χ1v) is 13.6. The summed E-state index contributed by atoms with van der Waals surface area (Å²) >= 11 is 0. The number of hydrogen-bond acceptors (Lipinski definition) is 7. The minimum atomic E-state index is -0.525. The fraction of sp³-hybridized carbons (Fsp3) is 0.419. The zero-order valence-electron chi connectivity index (χ0n) is 23.8. The largest absolute Gasteiger partial charge is 0.492 e. The molecule has 4 rings (SSSR count). The fourth-order valence-corrected chi connectivity index (χ4v) is 5.13. The van der Waals surface area contributed by atoms with Crippen LogP contribution in [0.5, 0.6) is 5.75 Å². The lowest BCUT2D eigenvalue weighted by Gasteiger charge is -2.35. The highest BCUT2D eigenvalue weighted by Gasteiger charge is 2.32. The first-order chi connectivity index (χ1) is 19.3. The first-order valence-electron chi connectivity index (χ1n) is 13.6. The predicted octanol–water partition coefficient (Wildman–Crippen LogP) is 4.74. The van der Waals surface area contributed by atoms with E-state index in [1.165, 1.54) is 12.3 Å². The van der Waals surface area contributed by atoms with Gasteiger partial charge in [0.2, 0.25) is 5.95 Å². The maximum atomic E-state index is 14.0. The van der Waals surface area contributed by atoms with Crippen LogP contribution >= 0.6 is 0 Å². The number of aromatic nitrogens is 2. The van der Waals surface area contributed by atoms with Crippen molar-refractivity contribution in [3.8, 4) is 22.9 Å². The number of carbonyl (C=O) groups excluding carboxylic acids is 1. The number of rotatable bonds is 11. The van der Waals surface area contributed by atoms with Crippen molar-refractivity contribution in [1.82, 2.24) is 19.8 Å². The summed E-state index contributed by atoms with van der Waals surface area (Å²) < 4.78 is 24.7. The van der Waals surface area contributed by atoms with Gasteiger partial charge >= 0.3 is 0 Å². The lowest BCUT2D eigenvalue weighted by Crippen LogP contribution is -2.40. The number of methoxy groups -OCH3 is 1. The Morgan fingerprint density at radius 3 is 2.67 bits per heavy atom. The van der Waals surface area contributed by atoms with E-state index in [9.17, 15) is 14.4 Å². The van der Waals surface area contributed by atoms with Gasteiger partial charge in [0.25, 0.3) is 5.91 Å². The van der Waals surface area contributed by atoms with Crippen LogP contribution in [0.4, 0.5) is 4.39 Å². The molecule has 0 fully saturated rings. The molecule has 0 saturated carbocycles. The number of halogens is 1. The van der Waals surface area contributed by atoms with Gasteiger partial charge in [0.1, 0.15) is 17.4 Å². The molecule has 210 valence electrons. The summed E-state index contributed by atoms with van der Waals surface area (Å²) in [5, 5.41) is 9.41. The molecule has 8 nitrogen and oxygen atoms in total. The van der Waals surface area contributed by atoms with Crippen LogP contribution in [0, 0.1) is 24.2 Å². The van der Waals surface area contributed by atoms with Crippen LogP contribution in [0.1, 0.15) is 58.3 Å². The van der Waals surface area contributed by atoms with Gasteiger partial charge in [0, 0.05) is 55.8 Å². The van der Waals surface area contributed by atoms with Crippen LogP contribution < -0.4 is 4.74 Å². The Kier molecular flexibility index (Phi) is 9.46. The minimum Gasteiger partial charge on any atom is -0.492 e. The number of ether oxygens (including phenoxy) is 2. The number of pyridine rings is 2. The second-order valence-electron chi connectivity index (χ2n) is 10.1. The SMILES string of the molecule is CCOc1cc([C@H](C)N2CCc3c(cc(CCN(C)CCOC)cc3-c3ccc(F)nc3C)C2=O)ncc1C#N. The van der Waals surface area contributed by atoms with E-state index in [1.54, 1.807) is 26.2 Å². The van der Waals surface area contributed by atoms with Crippen LogP contribution in [0.2, 0.25) is 0 Å². The Balaban J connectivity index is 1.71. The van der Waals surface area contributed by atoms with Gasteiger partial charge in [0.15, 0.2) is 0 Å². The van der Waals surface area contributed by atoms with Crippen LogP contribution in [0.3, 0.4) is 0 Å². The second kappa shape index (κ2) is 13.0. The zero-order valence-corrected chi connectivity index (χ0v) is 23.8. The van der Waals surface area contributed by atoms with E-state index in [0.29, 0.717) is 54.4 Å². The molecule has 1 aromatic carbocycles. The Morgan fingerprint density at radius 1 is 1.20 bits per heavy atom. The van der Waals surface area contributed by atoms with Crippen molar-refractivity contribution in [2.45, 2.75) is 39.7 Å². The number of amides is 1. The molecule has 1 amide bonds. The van der Waals surface area contributed by atoms with Crippen LogP contribution in [0.15, 0.2) is 36.5 Å². The smallest absolute Gasteiger partial charge is 0.254 e. The fourth-order valence-electron chi connectivity index (χ4n) is 5.13. The maximum Gasteiger partial charge on any atom is 0.254 e. The average Bonchev–Trinajstić information content (AvgIpc) is 2.95. The second-order valence-corrected chi connectivity index (χ2v) is 10.1. The molecule has 0 unspecified atom stereocenters. The van der Waals surface area contributed by atoms with Gasteiger partial charge in [-0.05, 0) is 75.5 Å². The highest BCUT2D eigenvalue weighted by Crippen LogP contribution is 2.36. The van der Waals surface area contributed by atoms with E-state index in [-0.39, 0.29) is 11.9 Å². The topological polar surface area (TPSA) is 91.6 Å². The van der Waals surface area contributed by atoms with Gasteiger partial charge < -0.3 is 19.3 Å². The van der Waals surface area contributed by atoms with Crippen molar-refractivity contribution in [2.24, 2.45) is 0 Å². The molecule has 1 aliphatic rings. The van der Waals surface area contributed by atoms with Crippen LogP contribution in [-0.2, 0) is 17.6 Å². The summed E-state index contributed by atoms with van der Waals surface area (Å²) in [4.78, 5) is 26.6. The molecule has 0 N–H and O–H groups in total. The number of fused-ring (bicyclic) bond motifs is 1. The van der Waals surface area contributed by atoms with E-state index in [0.717, 1.165) is 41.8 Å². The molecule has 2 aromatic heterocycles. The summed E-state index contributed by atoms with van der Waals surface area (Å²) in [7, 11) is 3.73. The summed E-state index contributed by atoms with van der Waals surface area (Å²) in [5.41, 5.74) is 5.99. The molecule has 9 heteroatoms. The number of nitrogens with zero attached hydrogens (tertiary/aromatic N) is 5.